The number of carboxylic acid groups (broad SMARTS) is 1. The van der Waals surface area contributed by atoms with E-state index in [1.807, 2.05) is 27.7 Å². The van der Waals surface area contributed by atoms with Gasteiger partial charge >= 0.3 is 6.09 Å². The van der Waals surface area contributed by atoms with Crippen molar-refractivity contribution < 1.29 is 28.6 Å². The molecule has 9 heteroatoms. The van der Waals surface area contributed by atoms with E-state index in [1.54, 1.807) is 0 Å². The molecule has 3 atom stereocenters. The average Bonchev–Trinajstić information content (AvgIpc) is 2.60. The van der Waals surface area contributed by atoms with E-state index in [9.17, 15) is 23.5 Å². The minimum Gasteiger partial charge on any atom is -0.465 e. The molecule has 0 heterocycles. The molecule has 0 unspecified atom stereocenters. The van der Waals surface area contributed by atoms with Crippen molar-refractivity contribution in [3.63, 3.8) is 0 Å². The summed E-state index contributed by atoms with van der Waals surface area (Å²) >= 11 is 0. The van der Waals surface area contributed by atoms with Crippen molar-refractivity contribution in [2.75, 3.05) is 13.1 Å². The Hall–Kier alpha value is -2.26. The quantitative estimate of drug-likeness (QED) is 0.350. The van der Waals surface area contributed by atoms with Crippen LogP contribution in [0.3, 0.4) is 0 Å². The van der Waals surface area contributed by atoms with Gasteiger partial charge in [-0.2, -0.15) is 0 Å². The third-order valence-corrected chi connectivity index (χ3v) is 4.43. The molecule has 2 amide bonds. The normalized spacial score (nSPS) is 14.4. The van der Waals surface area contributed by atoms with Gasteiger partial charge in [-0.1, -0.05) is 27.7 Å². The molecule has 0 saturated heterocycles. The highest BCUT2D eigenvalue weighted by atomic mass is 19.1. The van der Waals surface area contributed by atoms with Crippen LogP contribution >= 0.6 is 0 Å². The second-order valence-corrected chi connectivity index (χ2v) is 8.33. The monoisotopic (exact) mass is 429 g/mol. The third-order valence-electron chi connectivity index (χ3n) is 4.43. The Kier molecular flexibility index (Phi) is 10.7. The van der Waals surface area contributed by atoms with Crippen LogP contribution in [0.1, 0.15) is 39.7 Å². The first-order valence-electron chi connectivity index (χ1n) is 10.1. The number of benzene rings is 1. The topological polar surface area (TPSA) is 111 Å². The van der Waals surface area contributed by atoms with Gasteiger partial charge < -0.3 is 26.2 Å². The zero-order valence-corrected chi connectivity index (χ0v) is 17.9. The molecule has 170 valence electrons. The van der Waals surface area contributed by atoms with Crippen LogP contribution in [0.5, 0.6) is 0 Å². The fraction of sp³-hybridized carbons (Fsp3) is 0.619. The lowest BCUT2D eigenvalue weighted by Gasteiger charge is -2.26. The van der Waals surface area contributed by atoms with Gasteiger partial charge in [0.15, 0.2) is 0 Å². The van der Waals surface area contributed by atoms with Gasteiger partial charge in [0.25, 0.3) is 0 Å². The van der Waals surface area contributed by atoms with E-state index < -0.39 is 35.9 Å². The summed E-state index contributed by atoms with van der Waals surface area (Å²) in [5.74, 6) is -1.27. The lowest BCUT2D eigenvalue weighted by atomic mass is 9.99. The van der Waals surface area contributed by atoms with Crippen molar-refractivity contribution in [1.29, 1.82) is 0 Å². The second kappa shape index (κ2) is 12.4. The van der Waals surface area contributed by atoms with Crippen molar-refractivity contribution in [2.24, 2.45) is 11.8 Å². The van der Waals surface area contributed by atoms with Crippen LogP contribution in [0.15, 0.2) is 18.2 Å². The maximum Gasteiger partial charge on any atom is 0.404 e. The van der Waals surface area contributed by atoms with E-state index in [0.29, 0.717) is 19.0 Å². The van der Waals surface area contributed by atoms with Gasteiger partial charge in [0.2, 0.25) is 5.91 Å². The number of carbonyl (C=O) groups is 2. The minimum atomic E-state index is -1.37. The molecular formula is C21H33F2N3O4. The molecule has 0 aliphatic carbocycles. The predicted molar refractivity (Wildman–Crippen MR) is 110 cm³/mol. The highest BCUT2D eigenvalue weighted by Crippen LogP contribution is 2.12. The summed E-state index contributed by atoms with van der Waals surface area (Å²) < 4.78 is 26.9. The van der Waals surface area contributed by atoms with Crippen molar-refractivity contribution in [1.82, 2.24) is 16.0 Å². The molecule has 0 spiro atoms. The van der Waals surface area contributed by atoms with E-state index in [-0.39, 0.29) is 36.3 Å². The van der Waals surface area contributed by atoms with Gasteiger partial charge in [0.1, 0.15) is 11.6 Å². The predicted octanol–water partition coefficient (Wildman–Crippen LogP) is 2.28. The molecule has 0 aliphatic heterocycles. The number of hydrogen-bond acceptors (Lipinski definition) is 4. The van der Waals surface area contributed by atoms with Gasteiger partial charge in [-0.05, 0) is 42.4 Å². The zero-order chi connectivity index (χ0) is 22.8. The van der Waals surface area contributed by atoms with Crippen LogP contribution < -0.4 is 16.0 Å². The van der Waals surface area contributed by atoms with E-state index in [0.717, 1.165) is 12.1 Å². The minimum absolute atomic E-state index is 0.0742. The molecule has 0 bridgehead atoms. The molecule has 0 radical (unpaired) electrons. The van der Waals surface area contributed by atoms with Gasteiger partial charge in [-0.3, -0.25) is 4.79 Å². The molecule has 5 N–H and O–H groups in total. The number of aliphatic hydroxyl groups is 1. The first-order chi connectivity index (χ1) is 14.0. The molecule has 7 nitrogen and oxygen atoms in total. The summed E-state index contributed by atoms with van der Waals surface area (Å²) in [6.07, 6.45) is -2.18. The number of nitrogens with one attached hydrogen (secondary N) is 3. The Morgan fingerprint density at radius 3 is 2.10 bits per heavy atom. The number of rotatable bonds is 12. The molecule has 0 saturated carbocycles. The van der Waals surface area contributed by atoms with Crippen LogP contribution in [0.2, 0.25) is 0 Å². The van der Waals surface area contributed by atoms with Crippen LogP contribution in [-0.2, 0) is 11.2 Å². The second-order valence-electron chi connectivity index (χ2n) is 8.33. The Bertz CT molecular complexity index is 681. The number of amides is 2. The van der Waals surface area contributed by atoms with Gasteiger partial charge in [0, 0.05) is 19.2 Å². The summed E-state index contributed by atoms with van der Waals surface area (Å²) in [7, 11) is 0. The first kappa shape index (κ1) is 25.8. The summed E-state index contributed by atoms with van der Waals surface area (Å²) in [5.41, 5.74) is 0.207. The summed E-state index contributed by atoms with van der Waals surface area (Å²) in [6, 6.07) is 1.31. The SMILES string of the molecule is CC(C)CNC(=O)[C@@H](CC(C)C)NC[C@H](O)[C@H](Cc1cc(F)cc(F)c1)NC(=O)O. The molecule has 30 heavy (non-hydrogen) atoms. The first-order valence-corrected chi connectivity index (χ1v) is 10.1. The number of carbonyl (C=O) groups excluding carboxylic acids is 1. The summed E-state index contributed by atoms with van der Waals surface area (Å²) in [5, 5.41) is 27.6. The Morgan fingerprint density at radius 2 is 1.60 bits per heavy atom. The number of hydrogen-bond donors (Lipinski definition) is 5. The zero-order valence-electron chi connectivity index (χ0n) is 17.9. The molecular weight excluding hydrogens is 396 g/mol. The molecule has 1 aromatic carbocycles. The maximum absolute atomic E-state index is 13.4. The standard InChI is InChI=1S/C21H33F2N3O4/c1-12(2)5-18(20(28)25-10-13(3)4)24-11-19(27)17(26-21(29)30)8-14-6-15(22)9-16(23)7-14/h6-7,9,12-13,17-19,24,26-27H,5,8,10-11H2,1-4H3,(H,25,28)(H,29,30)/t17-,18+,19-/m0/s1. The molecule has 0 aromatic heterocycles. The van der Waals surface area contributed by atoms with E-state index in [2.05, 4.69) is 16.0 Å². The smallest absolute Gasteiger partial charge is 0.404 e. The maximum atomic E-state index is 13.4. The summed E-state index contributed by atoms with van der Waals surface area (Å²) in [6.45, 7) is 8.34. The van der Waals surface area contributed by atoms with Crippen molar-refractivity contribution in [3.8, 4) is 0 Å². The molecule has 0 fully saturated rings. The molecule has 1 rings (SSSR count). The largest absolute Gasteiger partial charge is 0.465 e. The van der Waals surface area contributed by atoms with Crippen molar-refractivity contribution >= 4 is 12.0 Å². The Labute approximate surface area is 176 Å². The lowest BCUT2D eigenvalue weighted by Crippen LogP contribution is -2.53. The Balaban J connectivity index is 2.82. The lowest BCUT2D eigenvalue weighted by molar-refractivity contribution is -0.123. The van der Waals surface area contributed by atoms with Crippen molar-refractivity contribution in [2.45, 2.75) is 58.7 Å². The van der Waals surface area contributed by atoms with Crippen molar-refractivity contribution in [3.05, 3.63) is 35.4 Å². The third kappa shape index (κ3) is 9.98. The summed E-state index contributed by atoms with van der Waals surface area (Å²) in [4.78, 5) is 23.6. The van der Waals surface area contributed by atoms with Crippen LogP contribution in [0.4, 0.5) is 13.6 Å². The van der Waals surface area contributed by atoms with E-state index in [4.69, 9.17) is 5.11 Å². The van der Waals surface area contributed by atoms with E-state index in [1.165, 1.54) is 0 Å². The number of halogens is 2. The number of aliphatic hydroxyl groups excluding tert-OH is 1. The fourth-order valence-electron chi connectivity index (χ4n) is 3.01. The van der Waals surface area contributed by atoms with Gasteiger partial charge in [-0.15, -0.1) is 0 Å². The van der Waals surface area contributed by atoms with Crippen LogP contribution in [0.25, 0.3) is 0 Å². The highest BCUT2D eigenvalue weighted by Gasteiger charge is 2.25. The van der Waals surface area contributed by atoms with Gasteiger partial charge in [-0.25, -0.2) is 13.6 Å². The fourth-order valence-corrected chi connectivity index (χ4v) is 3.01. The molecule has 1 aromatic rings. The van der Waals surface area contributed by atoms with Gasteiger partial charge in [0.05, 0.1) is 18.2 Å². The van der Waals surface area contributed by atoms with E-state index >= 15 is 0 Å². The molecule has 0 aliphatic rings. The highest BCUT2D eigenvalue weighted by molar-refractivity contribution is 5.81. The van der Waals surface area contributed by atoms with Crippen LogP contribution in [0, 0.1) is 23.5 Å². The average molecular weight is 430 g/mol. The Morgan fingerprint density at radius 1 is 1.00 bits per heavy atom. The van der Waals surface area contributed by atoms with Crippen LogP contribution in [-0.4, -0.2) is 53.5 Å².